The molecule has 1 spiro atoms. The maximum absolute atomic E-state index is 4.82. The molecule has 1 aliphatic heterocycles. The first-order valence-electron chi connectivity index (χ1n) is 8.35. The van der Waals surface area contributed by atoms with Crippen LogP contribution in [0.3, 0.4) is 0 Å². The fraction of sp³-hybridized carbons (Fsp3) is 0.368. The van der Waals surface area contributed by atoms with Crippen LogP contribution in [0.25, 0.3) is 0 Å². The molecular weight excluding hydrogens is 284 g/mol. The van der Waals surface area contributed by atoms with Crippen LogP contribution in [-0.2, 0) is 19.4 Å². The third-order valence-electron chi connectivity index (χ3n) is 4.91. The molecule has 0 radical (unpaired) electrons. The number of amidine groups is 1. The molecule has 2 aromatic rings. The van der Waals surface area contributed by atoms with Crippen molar-refractivity contribution in [1.82, 2.24) is 15.6 Å². The van der Waals surface area contributed by atoms with Gasteiger partial charge in [-0.25, -0.2) is 0 Å². The van der Waals surface area contributed by atoms with Gasteiger partial charge in [0.1, 0.15) is 5.84 Å². The summed E-state index contributed by atoms with van der Waals surface area (Å²) in [5.74, 6) is 1.11. The molecule has 0 saturated heterocycles. The van der Waals surface area contributed by atoms with Crippen LogP contribution in [0, 0.1) is 0 Å². The van der Waals surface area contributed by atoms with Crippen molar-refractivity contribution in [3.63, 3.8) is 0 Å². The van der Waals surface area contributed by atoms with E-state index in [1.54, 1.807) is 0 Å². The summed E-state index contributed by atoms with van der Waals surface area (Å²) in [6.07, 6.45) is 6.94. The molecule has 1 unspecified atom stereocenters. The third kappa shape index (κ3) is 2.86. The summed E-state index contributed by atoms with van der Waals surface area (Å²) >= 11 is 0. The van der Waals surface area contributed by atoms with E-state index < -0.39 is 0 Å². The summed E-state index contributed by atoms with van der Waals surface area (Å²) in [6.45, 7) is 2.58. The Morgan fingerprint density at radius 3 is 2.91 bits per heavy atom. The molecule has 23 heavy (non-hydrogen) atoms. The summed E-state index contributed by atoms with van der Waals surface area (Å²) in [7, 11) is 0. The number of rotatable bonds is 2. The Morgan fingerprint density at radius 1 is 1.13 bits per heavy atom. The minimum atomic E-state index is -0.0329. The molecule has 118 valence electrons. The number of nitrogens with one attached hydrogen (secondary N) is 2. The van der Waals surface area contributed by atoms with Crippen LogP contribution in [0.2, 0.25) is 0 Å². The number of hydrogen-bond acceptors (Lipinski definition) is 4. The van der Waals surface area contributed by atoms with Gasteiger partial charge in [0.2, 0.25) is 0 Å². The molecule has 4 heteroatoms. The van der Waals surface area contributed by atoms with Gasteiger partial charge in [0.25, 0.3) is 0 Å². The van der Waals surface area contributed by atoms with Gasteiger partial charge in [-0.15, -0.1) is 0 Å². The van der Waals surface area contributed by atoms with Crippen LogP contribution in [0.1, 0.15) is 23.1 Å². The lowest BCUT2D eigenvalue weighted by Gasteiger charge is -2.42. The average molecular weight is 306 g/mol. The van der Waals surface area contributed by atoms with Crippen LogP contribution >= 0.6 is 0 Å². The summed E-state index contributed by atoms with van der Waals surface area (Å²) < 4.78 is 0. The van der Waals surface area contributed by atoms with Crippen molar-refractivity contribution in [2.45, 2.75) is 31.3 Å². The van der Waals surface area contributed by atoms with Crippen LogP contribution in [0.5, 0.6) is 0 Å². The molecule has 2 heterocycles. The highest BCUT2D eigenvalue weighted by Crippen LogP contribution is 2.30. The molecule has 1 aromatic heterocycles. The number of benzene rings is 1. The lowest BCUT2D eigenvalue weighted by Crippen LogP contribution is -2.62. The average Bonchev–Trinajstić information content (AvgIpc) is 2.62. The van der Waals surface area contributed by atoms with E-state index in [-0.39, 0.29) is 5.54 Å². The van der Waals surface area contributed by atoms with E-state index in [0.29, 0.717) is 0 Å². The van der Waals surface area contributed by atoms with E-state index in [0.717, 1.165) is 44.7 Å². The van der Waals surface area contributed by atoms with Crippen molar-refractivity contribution >= 4 is 5.84 Å². The number of aryl methyl sites for hydroxylation is 1. The smallest absolute Gasteiger partial charge is 0.117 e. The second-order valence-corrected chi connectivity index (χ2v) is 6.40. The molecule has 4 rings (SSSR count). The number of hydrogen-bond donors (Lipinski definition) is 2. The van der Waals surface area contributed by atoms with Crippen molar-refractivity contribution in [1.29, 1.82) is 0 Å². The number of pyridine rings is 1. The summed E-state index contributed by atoms with van der Waals surface area (Å²) in [6, 6.07) is 12.9. The van der Waals surface area contributed by atoms with Crippen molar-refractivity contribution < 1.29 is 0 Å². The molecule has 0 fully saturated rings. The van der Waals surface area contributed by atoms with Crippen LogP contribution < -0.4 is 10.6 Å². The van der Waals surface area contributed by atoms with Gasteiger partial charge in [0.05, 0.1) is 12.1 Å². The van der Waals surface area contributed by atoms with Crippen LogP contribution in [0.4, 0.5) is 0 Å². The first kappa shape index (κ1) is 14.4. The van der Waals surface area contributed by atoms with Gasteiger partial charge < -0.3 is 10.6 Å². The zero-order valence-corrected chi connectivity index (χ0v) is 13.3. The first-order chi connectivity index (χ1) is 11.4. The van der Waals surface area contributed by atoms with Gasteiger partial charge in [0, 0.05) is 25.5 Å². The van der Waals surface area contributed by atoms with Crippen molar-refractivity contribution in [2.75, 3.05) is 13.1 Å². The topological polar surface area (TPSA) is 49.3 Å². The number of aliphatic imine (C=N–C) groups is 1. The van der Waals surface area contributed by atoms with E-state index in [1.165, 1.54) is 16.7 Å². The molecule has 0 bridgehead atoms. The Balaban J connectivity index is 1.55. The molecular formula is C19H22N4. The van der Waals surface area contributed by atoms with E-state index in [1.807, 2.05) is 18.5 Å². The predicted molar refractivity (Wildman–Crippen MR) is 92.6 cm³/mol. The first-order valence-corrected chi connectivity index (χ1v) is 8.35. The molecule has 1 aromatic carbocycles. The van der Waals surface area contributed by atoms with E-state index >= 15 is 0 Å². The normalized spacial score (nSPS) is 23.2. The van der Waals surface area contributed by atoms with Gasteiger partial charge in [-0.05, 0) is 42.0 Å². The number of aromatic nitrogens is 1. The fourth-order valence-electron chi connectivity index (χ4n) is 3.70. The third-order valence-corrected chi connectivity index (χ3v) is 4.91. The maximum Gasteiger partial charge on any atom is 0.117 e. The Hall–Kier alpha value is -2.20. The molecule has 1 aliphatic carbocycles. The molecule has 2 aliphatic rings. The van der Waals surface area contributed by atoms with Crippen LogP contribution in [0.15, 0.2) is 53.8 Å². The maximum atomic E-state index is 4.82. The van der Waals surface area contributed by atoms with Gasteiger partial charge in [-0.2, -0.15) is 0 Å². The number of fused-ring (bicyclic) bond motifs is 1. The van der Waals surface area contributed by atoms with Crippen molar-refractivity contribution in [3.8, 4) is 0 Å². The lowest BCUT2D eigenvalue weighted by molar-refractivity contribution is 0.363. The molecule has 2 N–H and O–H groups in total. The zero-order chi connectivity index (χ0) is 15.5. The van der Waals surface area contributed by atoms with E-state index in [2.05, 4.69) is 45.9 Å². The fourth-order valence-corrected chi connectivity index (χ4v) is 3.70. The summed E-state index contributed by atoms with van der Waals surface area (Å²) in [5.41, 5.74) is 4.09. The lowest BCUT2D eigenvalue weighted by atomic mass is 9.76. The summed E-state index contributed by atoms with van der Waals surface area (Å²) in [5, 5.41) is 7.33. The van der Waals surface area contributed by atoms with E-state index in [4.69, 9.17) is 4.99 Å². The molecule has 1 atom stereocenters. The Kier molecular flexibility index (Phi) is 3.83. The van der Waals surface area contributed by atoms with Crippen LogP contribution in [-0.4, -0.2) is 29.4 Å². The Bertz CT molecular complexity index is 710. The van der Waals surface area contributed by atoms with Gasteiger partial charge >= 0.3 is 0 Å². The molecule has 0 saturated carbocycles. The van der Waals surface area contributed by atoms with E-state index in [9.17, 15) is 0 Å². The van der Waals surface area contributed by atoms with Gasteiger partial charge in [-0.1, -0.05) is 30.3 Å². The molecule has 4 nitrogen and oxygen atoms in total. The Morgan fingerprint density at radius 2 is 2.04 bits per heavy atom. The minimum absolute atomic E-state index is 0.0329. The highest BCUT2D eigenvalue weighted by molar-refractivity contribution is 5.93. The van der Waals surface area contributed by atoms with Crippen molar-refractivity contribution in [3.05, 3.63) is 65.5 Å². The highest BCUT2D eigenvalue weighted by Gasteiger charge is 2.40. The second kappa shape index (κ2) is 6.13. The molecule has 0 amide bonds. The second-order valence-electron chi connectivity index (χ2n) is 6.40. The largest absolute Gasteiger partial charge is 0.368 e. The number of nitrogens with zero attached hydrogens (tertiary/aromatic N) is 2. The minimum Gasteiger partial charge on any atom is -0.368 e. The van der Waals surface area contributed by atoms with Gasteiger partial charge in [-0.3, -0.25) is 9.98 Å². The SMILES string of the molecule is c1cncc(CNC2=NCCNC23CCc2ccccc2C3)c1. The Labute approximate surface area is 137 Å². The quantitative estimate of drug-likeness (QED) is 0.893. The zero-order valence-electron chi connectivity index (χ0n) is 13.3. The summed E-state index contributed by atoms with van der Waals surface area (Å²) in [4.78, 5) is 9.00. The monoisotopic (exact) mass is 306 g/mol. The van der Waals surface area contributed by atoms with Gasteiger partial charge in [0.15, 0.2) is 0 Å². The highest BCUT2D eigenvalue weighted by atomic mass is 15.2. The van der Waals surface area contributed by atoms with Crippen molar-refractivity contribution in [2.24, 2.45) is 4.99 Å². The standard InChI is InChI=1S/C19H22N4/c1-2-6-17-12-19(8-7-16(17)5-1)18(21-10-11-23-19)22-14-15-4-3-9-20-13-15/h1-6,9,13,23H,7-8,10-12,14H2,(H,21,22). The predicted octanol–water partition coefficient (Wildman–Crippen LogP) is 2.10.